The molecule has 0 unspecified atom stereocenters. The number of likely N-dealkylation sites (N-methyl/N-ethyl adjacent to an activating group) is 2. The lowest BCUT2D eigenvalue weighted by Crippen LogP contribution is -2.27. The molecule has 0 aliphatic carbocycles. The molecule has 0 aliphatic heterocycles. The molecule has 1 amide bonds. The maximum atomic E-state index is 11.0. The molecule has 0 aliphatic rings. The van der Waals surface area contributed by atoms with Crippen LogP contribution in [0.25, 0.3) is 0 Å². The molecule has 1 rings (SSSR count). The minimum absolute atomic E-state index is 0.354. The summed E-state index contributed by atoms with van der Waals surface area (Å²) in [5.41, 5.74) is 6.49. The van der Waals surface area contributed by atoms with Crippen LogP contribution in [0, 0.1) is 0 Å². The summed E-state index contributed by atoms with van der Waals surface area (Å²) < 4.78 is 0. The summed E-state index contributed by atoms with van der Waals surface area (Å²) in [6.45, 7) is 1.74. The number of hydrogen-bond acceptors (Lipinski definition) is 3. The van der Waals surface area contributed by atoms with Crippen LogP contribution in [0.4, 0.5) is 5.69 Å². The van der Waals surface area contributed by atoms with Crippen LogP contribution in [0.15, 0.2) is 18.2 Å². The third kappa shape index (κ3) is 3.12. The Hall–Kier alpha value is -1.26. The molecule has 5 heteroatoms. The van der Waals surface area contributed by atoms with Gasteiger partial charge in [0, 0.05) is 25.8 Å². The number of carbonyl (C=O) groups excluding carboxylic acids is 1. The number of nitrogens with zero attached hydrogens (tertiary/aromatic N) is 1. The number of primary amides is 1. The van der Waals surface area contributed by atoms with Gasteiger partial charge in [0.1, 0.15) is 0 Å². The van der Waals surface area contributed by atoms with Crippen molar-refractivity contribution in [2.24, 2.45) is 5.73 Å². The van der Waals surface area contributed by atoms with Gasteiger partial charge in [0.25, 0.3) is 0 Å². The van der Waals surface area contributed by atoms with Crippen molar-refractivity contribution < 1.29 is 4.79 Å². The van der Waals surface area contributed by atoms with Crippen LogP contribution in [-0.2, 0) is 0 Å². The molecule has 0 heterocycles. The van der Waals surface area contributed by atoms with Gasteiger partial charge in [-0.25, -0.2) is 0 Å². The van der Waals surface area contributed by atoms with Gasteiger partial charge in [0.15, 0.2) is 0 Å². The van der Waals surface area contributed by atoms with E-state index in [0.29, 0.717) is 10.6 Å². The van der Waals surface area contributed by atoms with Crippen molar-refractivity contribution in [2.45, 2.75) is 0 Å². The Balaban J connectivity index is 2.84. The fourth-order valence-electron chi connectivity index (χ4n) is 1.35. The Morgan fingerprint density at radius 2 is 2.25 bits per heavy atom. The molecule has 88 valence electrons. The lowest BCUT2D eigenvalue weighted by atomic mass is 10.2. The van der Waals surface area contributed by atoms with E-state index in [2.05, 4.69) is 5.32 Å². The third-order valence-electron chi connectivity index (χ3n) is 2.36. The van der Waals surface area contributed by atoms with Gasteiger partial charge in [0.05, 0.1) is 10.6 Å². The Bertz CT molecular complexity index is 381. The smallest absolute Gasteiger partial charge is 0.250 e. The van der Waals surface area contributed by atoms with E-state index in [-0.39, 0.29) is 0 Å². The van der Waals surface area contributed by atoms with Crippen LogP contribution in [0.1, 0.15) is 10.4 Å². The Kier molecular flexibility index (Phi) is 4.58. The predicted molar refractivity (Wildman–Crippen MR) is 67.2 cm³/mol. The maximum Gasteiger partial charge on any atom is 0.250 e. The Morgan fingerprint density at radius 3 is 2.75 bits per heavy atom. The summed E-state index contributed by atoms with van der Waals surface area (Å²) in [6, 6.07) is 5.23. The largest absolute Gasteiger partial charge is 0.373 e. The fraction of sp³-hybridized carbons (Fsp3) is 0.364. The first-order valence-electron chi connectivity index (χ1n) is 5.01. The number of hydrogen-bond donors (Lipinski definition) is 2. The first-order chi connectivity index (χ1) is 7.56. The number of benzene rings is 1. The normalized spacial score (nSPS) is 10.2. The predicted octanol–water partition coefficient (Wildman–Crippen LogP) is 1.09. The number of nitrogens with one attached hydrogen (secondary N) is 1. The number of anilines is 1. The van der Waals surface area contributed by atoms with Crippen LogP contribution in [0.3, 0.4) is 0 Å². The molecule has 0 saturated heterocycles. The van der Waals surface area contributed by atoms with Crippen LogP contribution in [0.2, 0.25) is 5.02 Å². The minimum Gasteiger partial charge on any atom is -0.373 e. The topological polar surface area (TPSA) is 58.4 Å². The summed E-state index contributed by atoms with van der Waals surface area (Å²) in [5.74, 6) is -0.505. The second kappa shape index (κ2) is 5.72. The van der Waals surface area contributed by atoms with Crippen LogP contribution in [0.5, 0.6) is 0 Å². The van der Waals surface area contributed by atoms with Crippen molar-refractivity contribution in [1.82, 2.24) is 5.32 Å². The number of carbonyl (C=O) groups is 1. The maximum absolute atomic E-state index is 11.0. The first-order valence-corrected chi connectivity index (χ1v) is 5.39. The molecule has 0 spiro atoms. The molecule has 0 fully saturated rings. The summed E-state index contributed by atoms with van der Waals surface area (Å²) >= 11 is 5.96. The highest BCUT2D eigenvalue weighted by atomic mass is 35.5. The number of rotatable bonds is 5. The van der Waals surface area contributed by atoms with Gasteiger partial charge in [0.2, 0.25) is 5.91 Å². The zero-order chi connectivity index (χ0) is 12.1. The number of amides is 1. The molecule has 0 atom stereocenters. The van der Waals surface area contributed by atoms with Crippen molar-refractivity contribution in [1.29, 1.82) is 0 Å². The van der Waals surface area contributed by atoms with Crippen molar-refractivity contribution in [3.63, 3.8) is 0 Å². The van der Waals surface area contributed by atoms with Crippen LogP contribution < -0.4 is 16.0 Å². The minimum atomic E-state index is -0.505. The third-order valence-corrected chi connectivity index (χ3v) is 2.67. The highest BCUT2D eigenvalue weighted by Gasteiger charge is 2.08. The van der Waals surface area contributed by atoms with E-state index in [1.54, 1.807) is 12.1 Å². The molecular formula is C11H16ClN3O. The molecule has 1 aromatic carbocycles. The lowest BCUT2D eigenvalue weighted by molar-refractivity contribution is 0.100. The molecule has 1 aromatic rings. The molecule has 16 heavy (non-hydrogen) atoms. The monoisotopic (exact) mass is 241 g/mol. The zero-order valence-electron chi connectivity index (χ0n) is 9.46. The van der Waals surface area contributed by atoms with E-state index in [0.717, 1.165) is 18.8 Å². The van der Waals surface area contributed by atoms with Gasteiger partial charge >= 0.3 is 0 Å². The second-order valence-corrected chi connectivity index (χ2v) is 3.96. The molecular weight excluding hydrogens is 226 g/mol. The van der Waals surface area contributed by atoms with Gasteiger partial charge in [-0.05, 0) is 25.2 Å². The van der Waals surface area contributed by atoms with Gasteiger partial charge in [-0.2, -0.15) is 0 Å². The molecule has 0 bridgehead atoms. The van der Waals surface area contributed by atoms with Gasteiger partial charge in [-0.1, -0.05) is 11.6 Å². The number of nitrogens with two attached hydrogens (primary N) is 1. The van der Waals surface area contributed by atoms with Gasteiger partial charge in [-0.15, -0.1) is 0 Å². The quantitative estimate of drug-likeness (QED) is 0.812. The first kappa shape index (κ1) is 12.8. The van der Waals surface area contributed by atoms with Crippen molar-refractivity contribution in [3.8, 4) is 0 Å². The lowest BCUT2D eigenvalue weighted by Gasteiger charge is -2.19. The van der Waals surface area contributed by atoms with E-state index < -0.39 is 5.91 Å². The van der Waals surface area contributed by atoms with Gasteiger partial charge in [-0.3, -0.25) is 4.79 Å². The van der Waals surface area contributed by atoms with E-state index >= 15 is 0 Å². The Morgan fingerprint density at radius 1 is 1.56 bits per heavy atom. The van der Waals surface area contributed by atoms with E-state index in [1.807, 2.05) is 25.1 Å². The SMILES string of the molecule is CNCCN(C)c1ccc(C(N)=O)c(Cl)c1. The highest BCUT2D eigenvalue weighted by molar-refractivity contribution is 6.34. The van der Waals surface area contributed by atoms with Crippen molar-refractivity contribution in [2.75, 3.05) is 32.1 Å². The molecule has 0 saturated carbocycles. The summed E-state index contributed by atoms with van der Waals surface area (Å²) in [6.07, 6.45) is 0. The van der Waals surface area contributed by atoms with E-state index in [9.17, 15) is 4.79 Å². The van der Waals surface area contributed by atoms with E-state index in [1.165, 1.54) is 0 Å². The molecule has 0 aromatic heterocycles. The van der Waals surface area contributed by atoms with Crippen LogP contribution >= 0.6 is 11.6 Å². The summed E-state index contributed by atoms with van der Waals surface area (Å²) in [7, 11) is 3.87. The van der Waals surface area contributed by atoms with Crippen molar-refractivity contribution in [3.05, 3.63) is 28.8 Å². The molecule has 0 radical (unpaired) electrons. The standard InChI is InChI=1S/C11H16ClN3O/c1-14-5-6-15(2)8-3-4-9(11(13)16)10(12)7-8/h3-4,7,14H,5-6H2,1-2H3,(H2,13,16). The Labute approximate surface area is 100 Å². The van der Waals surface area contributed by atoms with Crippen LogP contribution in [-0.4, -0.2) is 33.1 Å². The average Bonchev–Trinajstić information content (AvgIpc) is 2.25. The average molecular weight is 242 g/mol. The highest BCUT2D eigenvalue weighted by Crippen LogP contribution is 2.22. The summed E-state index contributed by atoms with van der Waals surface area (Å²) in [4.78, 5) is 13.0. The van der Waals surface area contributed by atoms with Crippen molar-refractivity contribution >= 4 is 23.2 Å². The second-order valence-electron chi connectivity index (χ2n) is 3.55. The van der Waals surface area contributed by atoms with Gasteiger partial charge < -0.3 is 16.0 Å². The van der Waals surface area contributed by atoms with E-state index in [4.69, 9.17) is 17.3 Å². The summed E-state index contributed by atoms with van der Waals surface area (Å²) in [5, 5.41) is 3.45. The zero-order valence-corrected chi connectivity index (χ0v) is 10.2. The molecule has 4 nitrogen and oxygen atoms in total. The number of halogens is 1. The fourth-order valence-corrected chi connectivity index (χ4v) is 1.62. The molecule has 3 N–H and O–H groups in total.